The predicted octanol–water partition coefficient (Wildman–Crippen LogP) is 2.98. The fourth-order valence-electron chi connectivity index (χ4n) is 4.49. The molecule has 0 bridgehead atoms. The van der Waals surface area contributed by atoms with E-state index in [0.717, 1.165) is 25.9 Å². The van der Waals surface area contributed by atoms with Gasteiger partial charge in [0.15, 0.2) is 0 Å². The Balaban J connectivity index is 1.76. The van der Waals surface area contributed by atoms with Crippen LogP contribution in [0.4, 0.5) is 0 Å². The minimum absolute atomic E-state index is 0.141. The normalized spacial score (nSPS) is 22.7. The zero-order valence-electron chi connectivity index (χ0n) is 15.3. The highest BCUT2D eigenvalue weighted by Gasteiger charge is 2.42. The summed E-state index contributed by atoms with van der Waals surface area (Å²) in [5, 5.41) is 0. The van der Waals surface area contributed by atoms with Crippen LogP contribution in [0.2, 0.25) is 0 Å². The Kier molecular flexibility index (Phi) is 5.26. The molecule has 0 saturated carbocycles. The molecule has 1 aromatic rings. The number of rotatable bonds is 4. The zero-order valence-corrected chi connectivity index (χ0v) is 15.3. The van der Waals surface area contributed by atoms with Gasteiger partial charge in [0.2, 0.25) is 5.91 Å². The monoisotopic (exact) mass is 330 g/mol. The van der Waals surface area contributed by atoms with Gasteiger partial charge in [-0.25, -0.2) is 0 Å². The van der Waals surface area contributed by atoms with Gasteiger partial charge in [0, 0.05) is 25.7 Å². The molecular weight excluding hydrogens is 300 g/mol. The van der Waals surface area contributed by atoms with E-state index in [-0.39, 0.29) is 17.9 Å². The Morgan fingerprint density at radius 2 is 1.96 bits per heavy atom. The molecule has 3 rings (SSSR count). The first-order chi connectivity index (χ1) is 11.6. The first kappa shape index (κ1) is 17.4. The number of fused-ring (bicyclic) bond motifs is 2. The molecular formula is C20H30N2O2. The van der Waals surface area contributed by atoms with Crippen molar-refractivity contribution >= 4 is 5.91 Å². The van der Waals surface area contributed by atoms with Crippen LogP contribution in [0, 0.1) is 0 Å². The van der Waals surface area contributed by atoms with E-state index >= 15 is 0 Å². The van der Waals surface area contributed by atoms with Gasteiger partial charge in [0.05, 0.1) is 0 Å². The van der Waals surface area contributed by atoms with Crippen molar-refractivity contribution in [2.45, 2.75) is 44.1 Å². The molecule has 4 heteroatoms. The van der Waals surface area contributed by atoms with E-state index in [2.05, 4.69) is 43.3 Å². The van der Waals surface area contributed by atoms with Crippen molar-refractivity contribution in [3.63, 3.8) is 0 Å². The molecule has 1 fully saturated rings. The Morgan fingerprint density at radius 3 is 2.62 bits per heavy atom. The van der Waals surface area contributed by atoms with Gasteiger partial charge in [0.1, 0.15) is 6.61 Å². The number of nitrogens with zero attached hydrogens (tertiary/aromatic N) is 2. The number of piperidine rings is 1. The largest absolute Gasteiger partial charge is 0.372 e. The SMILES string of the molecule is CCOCC(=O)N1CCC2(CCC(N(C)C)c3ccccc32)CC1. The highest BCUT2D eigenvalue weighted by Crippen LogP contribution is 2.48. The lowest BCUT2D eigenvalue weighted by molar-refractivity contribution is -0.137. The van der Waals surface area contributed by atoms with E-state index in [1.807, 2.05) is 11.8 Å². The van der Waals surface area contributed by atoms with Gasteiger partial charge < -0.3 is 14.5 Å². The van der Waals surface area contributed by atoms with Crippen LogP contribution < -0.4 is 0 Å². The van der Waals surface area contributed by atoms with Crippen molar-refractivity contribution in [2.24, 2.45) is 0 Å². The van der Waals surface area contributed by atoms with Crippen molar-refractivity contribution in [2.75, 3.05) is 40.4 Å². The third-order valence-electron chi connectivity index (χ3n) is 5.91. The maximum absolute atomic E-state index is 12.2. The number of hydrogen-bond acceptors (Lipinski definition) is 3. The summed E-state index contributed by atoms with van der Waals surface area (Å²) < 4.78 is 5.29. The lowest BCUT2D eigenvalue weighted by atomic mass is 9.63. The van der Waals surface area contributed by atoms with Crippen molar-refractivity contribution in [3.05, 3.63) is 35.4 Å². The molecule has 1 unspecified atom stereocenters. The second-order valence-corrected chi connectivity index (χ2v) is 7.40. The molecule has 1 spiro atoms. The number of likely N-dealkylation sites (tertiary alicyclic amines) is 1. The minimum Gasteiger partial charge on any atom is -0.372 e. The van der Waals surface area contributed by atoms with Crippen molar-refractivity contribution in [1.29, 1.82) is 0 Å². The molecule has 1 aromatic carbocycles. The van der Waals surface area contributed by atoms with Crippen LogP contribution in [0.25, 0.3) is 0 Å². The molecule has 4 nitrogen and oxygen atoms in total. The molecule has 1 saturated heterocycles. The summed E-state index contributed by atoms with van der Waals surface area (Å²) in [6, 6.07) is 9.47. The Morgan fingerprint density at radius 1 is 1.25 bits per heavy atom. The van der Waals surface area contributed by atoms with Gasteiger partial charge in [-0.2, -0.15) is 0 Å². The van der Waals surface area contributed by atoms with E-state index in [1.54, 1.807) is 0 Å². The van der Waals surface area contributed by atoms with Gasteiger partial charge in [-0.3, -0.25) is 4.79 Å². The van der Waals surface area contributed by atoms with Crippen LogP contribution in [-0.4, -0.2) is 56.1 Å². The Hall–Kier alpha value is -1.39. The third kappa shape index (κ3) is 3.22. The number of ether oxygens (including phenoxy) is 1. The van der Waals surface area contributed by atoms with Crippen molar-refractivity contribution < 1.29 is 9.53 Å². The maximum Gasteiger partial charge on any atom is 0.248 e. The average Bonchev–Trinajstić information content (AvgIpc) is 2.60. The molecule has 132 valence electrons. The highest BCUT2D eigenvalue weighted by molar-refractivity contribution is 5.77. The van der Waals surface area contributed by atoms with Gasteiger partial charge in [-0.05, 0) is 63.2 Å². The fourth-order valence-corrected chi connectivity index (χ4v) is 4.49. The summed E-state index contributed by atoms with van der Waals surface area (Å²) in [5.41, 5.74) is 3.26. The third-order valence-corrected chi connectivity index (χ3v) is 5.91. The first-order valence-electron chi connectivity index (χ1n) is 9.19. The Bertz CT molecular complexity index is 577. The molecule has 24 heavy (non-hydrogen) atoms. The van der Waals surface area contributed by atoms with E-state index in [4.69, 9.17) is 4.74 Å². The average molecular weight is 330 g/mol. The van der Waals surface area contributed by atoms with Crippen LogP contribution in [-0.2, 0) is 14.9 Å². The minimum atomic E-state index is 0.141. The fraction of sp³-hybridized carbons (Fsp3) is 0.650. The van der Waals surface area contributed by atoms with E-state index < -0.39 is 0 Å². The summed E-state index contributed by atoms with van der Waals surface area (Å²) in [6.07, 6.45) is 4.57. The lowest BCUT2D eigenvalue weighted by Gasteiger charge is -2.48. The lowest BCUT2D eigenvalue weighted by Crippen LogP contribution is -2.48. The number of hydrogen-bond donors (Lipinski definition) is 0. The maximum atomic E-state index is 12.2. The molecule has 1 aliphatic heterocycles. The van der Waals surface area contributed by atoms with Crippen LogP contribution >= 0.6 is 0 Å². The smallest absolute Gasteiger partial charge is 0.248 e. The second kappa shape index (κ2) is 7.24. The zero-order chi connectivity index (χ0) is 17.2. The molecule has 0 N–H and O–H groups in total. The summed E-state index contributed by atoms with van der Waals surface area (Å²) in [5.74, 6) is 0.141. The summed E-state index contributed by atoms with van der Waals surface area (Å²) in [6.45, 7) is 4.46. The van der Waals surface area contributed by atoms with E-state index in [1.165, 1.54) is 24.0 Å². The molecule has 1 atom stereocenters. The number of carbonyl (C=O) groups excluding carboxylic acids is 1. The van der Waals surface area contributed by atoms with Gasteiger partial charge in [0.25, 0.3) is 0 Å². The molecule has 1 aliphatic carbocycles. The molecule has 1 heterocycles. The number of amides is 1. The van der Waals surface area contributed by atoms with Crippen molar-refractivity contribution in [1.82, 2.24) is 9.80 Å². The number of benzene rings is 1. The number of carbonyl (C=O) groups is 1. The van der Waals surface area contributed by atoms with Crippen LogP contribution in [0.15, 0.2) is 24.3 Å². The van der Waals surface area contributed by atoms with Gasteiger partial charge in [-0.1, -0.05) is 24.3 Å². The van der Waals surface area contributed by atoms with Gasteiger partial charge >= 0.3 is 0 Å². The molecule has 2 aliphatic rings. The first-order valence-corrected chi connectivity index (χ1v) is 9.19. The van der Waals surface area contributed by atoms with E-state index in [9.17, 15) is 4.79 Å². The van der Waals surface area contributed by atoms with Crippen molar-refractivity contribution in [3.8, 4) is 0 Å². The van der Waals surface area contributed by atoms with E-state index in [0.29, 0.717) is 12.6 Å². The summed E-state index contributed by atoms with van der Waals surface area (Å²) >= 11 is 0. The van der Waals surface area contributed by atoms with Crippen LogP contribution in [0.3, 0.4) is 0 Å². The second-order valence-electron chi connectivity index (χ2n) is 7.40. The predicted molar refractivity (Wildman–Crippen MR) is 96.1 cm³/mol. The molecule has 1 amide bonds. The Labute approximate surface area is 145 Å². The molecule has 0 aromatic heterocycles. The van der Waals surface area contributed by atoms with Crippen LogP contribution in [0.5, 0.6) is 0 Å². The molecule has 0 radical (unpaired) electrons. The quantitative estimate of drug-likeness (QED) is 0.851. The highest BCUT2D eigenvalue weighted by atomic mass is 16.5. The summed E-state index contributed by atoms with van der Waals surface area (Å²) in [7, 11) is 4.35. The summed E-state index contributed by atoms with van der Waals surface area (Å²) in [4.78, 5) is 16.5. The van der Waals surface area contributed by atoms with Gasteiger partial charge in [-0.15, -0.1) is 0 Å². The topological polar surface area (TPSA) is 32.8 Å². The van der Waals surface area contributed by atoms with Crippen LogP contribution in [0.1, 0.15) is 49.8 Å². The standard InChI is InChI=1S/C20H30N2O2/c1-4-24-15-19(23)22-13-11-20(12-14-22)10-9-18(21(2)3)16-7-5-6-8-17(16)20/h5-8,18H,4,9-15H2,1-3H3.